The molecule has 0 fully saturated rings. The molecule has 0 saturated carbocycles. The summed E-state index contributed by atoms with van der Waals surface area (Å²) in [5, 5.41) is 18.2. The maximum atomic E-state index is 10.6. The van der Waals surface area contributed by atoms with E-state index in [1.165, 1.54) is 17.3 Å². The van der Waals surface area contributed by atoms with Gasteiger partial charge in [-0.15, -0.1) is 11.8 Å². The van der Waals surface area contributed by atoms with E-state index in [-0.39, 0.29) is 19.3 Å². The minimum absolute atomic E-state index is 0.0353. The first-order chi connectivity index (χ1) is 11.6. The lowest BCUT2D eigenvalue weighted by Gasteiger charge is -2.17. The number of hydrogen-bond acceptors (Lipinski definition) is 5. The van der Waals surface area contributed by atoms with E-state index in [9.17, 15) is 9.90 Å². The highest BCUT2D eigenvalue weighted by molar-refractivity contribution is 7.99. The fourth-order valence-corrected chi connectivity index (χ4v) is 3.38. The highest BCUT2D eigenvalue weighted by atomic mass is 32.2. The quantitative estimate of drug-likeness (QED) is 0.416. The monoisotopic (exact) mass is 356 g/mol. The Morgan fingerprint density at radius 3 is 2.54 bits per heavy atom. The molecular formula is C18H28O5S. The molecule has 0 amide bonds. The summed E-state index contributed by atoms with van der Waals surface area (Å²) in [6.07, 6.45) is 2.65. The molecule has 0 saturated heterocycles. The molecule has 0 aliphatic rings. The van der Waals surface area contributed by atoms with E-state index in [0.29, 0.717) is 19.0 Å². The number of hydrogen-bond donors (Lipinski definition) is 2. The number of benzene rings is 1. The summed E-state index contributed by atoms with van der Waals surface area (Å²) in [6, 6.07) is 5.98. The average Bonchev–Trinajstić information content (AvgIpc) is 2.55. The molecular weight excluding hydrogens is 328 g/mol. The van der Waals surface area contributed by atoms with Crippen LogP contribution in [0.15, 0.2) is 23.1 Å². The number of ether oxygens (including phenoxy) is 2. The van der Waals surface area contributed by atoms with Crippen molar-refractivity contribution in [1.82, 2.24) is 0 Å². The van der Waals surface area contributed by atoms with Crippen molar-refractivity contribution in [3.05, 3.63) is 29.3 Å². The summed E-state index contributed by atoms with van der Waals surface area (Å²) in [7, 11) is 0. The van der Waals surface area contributed by atoms with Crippen LogP contribution in [-0.4, -0.2) is 41.4 Å². The van der Waals surface area contributed by atoms with Crippen molar-refractivity contribution >= 4 is 17.7 Å². The molecule has 0 atom stereocenters. The number of carbonyl (C=O) groups is 1. The predicted octanol–water partition coefficient (Wildman–Crippen LogP) is 3.47. The molecule has 6 heteroatoms. The van der Waals surface area contributed by atoms with Crippen LogP contribution in [0.1, 0.15) is 44.2 Å². The lowest BCUT2D eigenvalue weighted by molar-refractivity contribution is -0.140. The van der Waals surface area contributed by atoms with Crippen LogP contribution in [0.25, 0.3) is 0 Å². The van der Waals surface area contributed by atoms with Gasteiger partial charge in [0.2, 0.25) is 0 Å². The summed E-state index contributed by atoms with van der Waals surface area (Å²) in [6.45, 7) is 5.16. The molecule has 0 unspecified atom stereocenters. The third kappa shape index (κ3) is 8.15. The molecule has 1 aromatic carbocycles. The third-order valence-electron chi connectivity index (χ3n) is 3.49. The van der Waals surface area contributed by atoms with Gasteiger partial charge in [-0.1, -0.05) is 12.1 Å². The van der Waals surface area contributed by atoms with E-state index in [1.54, 1.807) is 0 Å². The smallest absolute Gasteiger partial charge is 0.304 e. The van der Waals surface area contributed by atoms with Gasteiger partial charge in [-0.3, -0.25) is 4.79 Å². The molecule has 0 aliphatic carbocycles. The van der Waals surface area contributed by atoms with Crippen LogP contribution in [0.5, 0.6) is 0 Å². The van der Waals surface area contributed by atoms with Gasteiger partial charge in [0.05, 0.1) is 13.0 Å². The van der Waals surface area contributed by atoms with Gasteiger partial charge < -0.3 is 19.7 Å². The van der Waals surface area contributed by atoms with E-state index in [1.807, 2.05) is 26.0 Å². The van der Waals surface area contributed by atoms with Crippen LogP contribution in [0.2, 0.25) is 0 Å². The third-order valence-corrected chi connectivity index (χ3v) is 4.59. The highest BCUT2D eigenvalue weighted by Crippen LogP contribution is 2.26. The Kier molecular flexibility index (Phi) is 10.7. The van der Waals surface area contributed by atoms with Crippen molar-refractivity contribution in [3.8, 4) is 0 Å². The number of aliphatic hydroxyl groups is 1. The minimum atomic E-state index is -0.804. The first-order valence-corrected chi connectivity index (χ1v) is 9.39. The molecule has 0 aliphatic heterocycles. The van der Waals surface area contributed by atoms with E-state index in [0.717, 1.165) is 29.7 Å². The summed E-state index contributed by atoms with van der Waals surface area (Å²) in [5.41, 5.74) is 2.02. The first-order valence-electron chi connectivity index (χ1n) is 8.41. The van der Waals surface area contributed by atoms with Crippen LogP contribution < -0.4 is 0 Å². The number of rotatable bonds is 13. The van der Waals surface area contributed by atoms with Crippen LogP contribution in [-0.2, 0) is 27.3 Å². The number of aliphatic hydroxyl groups excluding tert-OH is 1. The molecule has 136 valence electrons. The van der Waals surface area contributed by atoms with Gasteiger partial charge in [-0.2, -0.15) is 0 Å². The highest BCUT2D eigenvalue weighted by Gasteiger charge is 2.09. The Morgan fingerprint density at radius 2 is 1.96 bits per heavy atom. The summed E-state index contributed by atoms with van der Waals surface area (Å²) in [5.74, 6) is -0.301. The zero-order valence-corrected chi connectivity index (χ0v) is 15.3. The van der Waals surface area contributed by atoms with Gasteiger partial charge in [0.1, 0.15) is 0 Å². The zero-order chi connectivity index (χ0) is 17.8. The summed E-state index contributed by atoms with van der Waals surface area (Å²) in [4.78, 5) is 11.6. The van der Waals surface area contributed by atoms with Gasteiger partial charge in [0.15, 0.2) is 6.29 Å². The number of thioether (sulfide) groups is 1. The number of carboxylic acid groups (broad SMARTS) is 1. The van der Waals surface area contributed by atoms with Crippen LogP contribution >= 0.6 is 11.8 Å². The number of carboxylic acids is 1. The molecule has 1 rings (SSSR count). The average molecular weight is 356 g/mol. The largest absolute Gasteiger partial charge is 0.481 e. The minimum Gasteiger partial charge on any atom is -0.481 e. The SMILES string of the molecule is CCOC(CCCc1ccc(CO)c(SCCC(=O)O)c1)OCC. The molecule has 0 radical (unpaired) electrons. The van der Waals surface area contributed by atoms with Gasteiger partial charge in [-0.05, 0) is 50.3 Å². The first kappa shape index (κ1) is 21.0. The zero-order valence-electron chi connectivity index (χ0n) is 14.5. The molecule has 0 bridgehead atoms. The maximum absolute atomic E-state index is 10.6. The second kappa shape index (κ2) is 12.3. The van der Waals surface area contributed by atoms with Crippen LogP contribution in [0.3, 0.4) is 0 Å². The van der Waals surface area contributed by atoms with Crippen molar-refractivity contribution in [1.29, 1.82) is 0 Å². The number of aryl methyl sites for hydroxylation is 1. The lowest BCUT2D eigenvalue weighted by Crippen LogP contribution is -2.17. The van der Waals surface area contributed by atoms with Crippen molar-refractivity contribution in [2.24, 2.45) is 0 Å². The topological polar surface area (TPSA) is 76.0 Å². The van der Waals surface area contributed by atoms with Crippen LogP contribution in [0.4, 0.5) is 0 Å². The standard InChI is InChI=1S/C18H28O5S/c1-3-22-18(23-4-2)7-5-6-14-8-9-15(13-19)16(12-14)24-11-10-17(20)21/h8-9,12,18-19H,3-7,10-11,13H2,1-2H3,(H,20,21). The van der Waals surface area contributed by atoms with Crippen molar-refractivity contribution in [3.63, 3.8) is 0 Å². The Morgan fingerprint density at radius 1 is 1.25 bits per heavy atom. The van der Waals surface area contributed by atoms with Crippen LogP contribution in [0, 0.1) is 0 Å². The number of aliphatic carboxylic acids is 1. The maximum Gasteiger partial charge on any atom is 0.304 e. The molecule has 24 heavy (non-hydrogen) atoms. The molecule has 0 heterocycles. The van der Waals surface area contributed by atoms with Gasteiger partial charge in [0.25, 0.3) is 0 Å². The molecule has 5 nitrogen and oxygen atoms in total. The molecule has 1 aromatic rings. The Labute approximate surface area is 148 Å². The fourth-order valence-electron chi connectivity index (χ4n) is 2.33. The second-order valence-electron chi connectivity index (χ2n) is 5.32. The van der Waals surface area contributed by atoms with E-state index < -0.39 is 5.97 Å². The van der Waals surface area contributed by atoms with Gasteiger partial charge in [-0.25, -0.2) is 0 Å². The fraction of sp³-hybridized carbons (Fsp3) is 0.611. The summed E-state index contributed by atoms with van der Waals surface area (Å²) >= 11 is 1.48. The van der Waals surface area contributed by atoms with E-state index in [4.69, 9.17) is 14.6 Å². The van der Waals surface area contributed by atoms with Gasteiger partial charge in [0, 0.05) is 23.9 Å². The van der Waals surface area contributed by atoms with Crippen molar-refractivity contribution < 1.29 is 24.5 Å². The molecule has 0 aromatic heterocycles. The Balaban J connectivity index is 2.56. The normalized spacial score (nSPS) is 11.2. The lowest BCUT2D eigenvalue weighted by atomic mass is 10.1. The van der Waals surface area contributed by atoms with E-state index in [2.05, 4.69) is 6.07 Å². The van der Waals surface area contributed by atoms with Crippen molar-refractivity contribution in [2.75, 3.05) is 19.0 Å². The Bertz CT molecular complexity index is 486. The molecule has 0 spiro atoms. The predicted molar refractivity (Wildman–Crippen MR) is 95.3 cm³/mol. The summed E-state index contributed by atoms with van der Waals surface area (Å²) < 4.78 is 11.1. The van der Waals surface area contributed by atoms with Crippen molar-refractivity contribution in [2.45, 2.75) is 57.3 Å². The Hall–Kier alpha value is -1.08. The second-order valence-corrected chi connectivity index (χ2v) is 6.46. The van der Waals surface area contributed by atoms with Gasteiger partial charge >= 0.3 is 5.97 Å². The molecule has 2 N–H and O–H groups in total. The van der Waals surface area contributed by atoms with E-state index >= 15 is 0 Å².